The summed E-state index contributed by atoms with van der Waals surface area (Å²) in [5.41, 5.74) is 0. The van der Waals surface area contributed by atoms with Gasteiger partial charge < -0.3 is 20.1 Å². The maximum Gasteiger partial charge on any atom is 0.258 e. The third kappa shape index (κ3) is 7.49. The summed E-state index contributed by atoms with van der Waals surface area (Å²) in [6.45, 7) is 0.726. The molecule has 0 aromatic heterocycles. The molecule has 22 heavy (non-hydrogen) atoms. The van der Waals surface area contributed by atoms with Crippen molar-refractivity contribution in [2.75, 3.05) is 33.4 Å². The van der Waals surface area contributed by atoms with Crippen molar-refractivity contribution in [3.63, 3.8) is 0 Å². The Morgan fingerprint density at radius 3 is 2.64 bits per heavy atom. The van der Waals surface area contributed by atoms with Crippen LogP contribution in [0.3, 0.4) is 0 Å². The van der Waals surface area contributed by atoms with E-state index in [2.05, 4.69) is 10.6 Å². The largest absolute Gasteiger partial charge is 0.482 e. The lowest BCUT2D eigenvalue weighted by Gasteiger charge is -2.09. The Hall–Kier alpha value is -1.50. The summed E-state index contributed by atoms with van der Waals surface area (Å²) < 4.78 is 10.1. The van der Waals surface area contributed by atoms with Gasteiger partial charge in [0, 0.05) is 25.3 Å². The Labute approximate surface area is 139 Å². The molecule has 0 spiro atoms. The first-order valence-electron chi connectivity index (χ1n) is 6.63. The van der Waals surface area contributed by atoms with Crippen molar-refractivity contribution in [2.45, 2.75) is 6.42 Å². The van der Waals surface area contributed by atoms with Gasteiger partial charge in [-0.15, -0.1) is 0 Å². The molecule has 0 aliphatic rings. The summed E-state index contributed by atoms with van der Waals surface area (Å²) in [4.78, 5) is 23.0. The maximum atomic E-state index is 11.6. The van der Waals surface area contributed by atoms with Crippen molar-refractivity contribution in [3.05, 3.63) is 28.2 Å². The smallest absolute Gasteiger partial charge is 0.258 e. The fourth-order valence-corrected chi connectivity index (χ4v) is 1.94. The number of hydrogen-bond donors (Lipinski definition) is 2. The van der Waals surface area contributed by atoms with Crippen LogP contribution in [0.2, 0.25) is 10.0 Å². The zero-order chi connectivity index (χ0) is 16.4. The van der Waals surface area contributed by atoms with E-state index in [1.165, 1.54) is 6.07 Å². The highest BCUT2D eigenvalue weighted by atomic mass is 35.5. The second-order valence-electron chi connectivity index (χ2n) is 4.34. The van der Waals surface area contributed by atoms with E-state index in [4.69, 9.17) is 32.7 Å². The average Bonchev–Trinajstić information content (AvgIpc) is 2.48. The van der Waals surface area contributed by atoms with E-state index in [0.717, 1.165) is 0 Å². The van der Waals surface area contributed by atoms with Gasteiger partial charge in [-0.3, -0.25) is 9.59 Å². The summed E-state index contributed by atoms with van der Waals surface area (Å²) in [5.74, 6) is -0.336. The molecule has 0 saturated carbocycles. The van der Waals surface area contributed by atoms with Gasteiger partial charge in [0.1, 0.15) is 5.75 Å². The molecular formula is C14H18Cl2N2O4. The number of benzene rings is 1. The molecule has 0 saturated heterocycles. The summed E-state index contributed by atoms with van der Waals surface area (Å²) in [7, 11) is 1.59. The number of halogens is 2. The molecule has 0 fully saturated rings. The zero-order valence-corrected chi connectivity index (χ0v) is 13.7. The standard InChI is InChI=1S/C14H18Cl2N2O4/c1-21-6-2-5-17-13(19)8-18-14(20)9-22-12-4-3-10(15)7-11(12)16/h3-4,7H,2,5-6,8-9H2,1H3,(H,17,19)(H,18,20). The zero-order valence-electron chi connectivity index (χ0n) is 12.2. The maximum absolute atomic E-state index is 11.6. The van der Waals surface area contributed by atoms with Crippen LogP contribution in [-0.2, 0) is 14.3 Å². The topological polar surface area (TPSA) is 76.7 Å². The Morgan fingerprint density at radius 1 is 1.18 bits per heavy atom. The number of carbonyl (C=O) groups is 2. The second-order valence-corrected chi connectivity index (χ2v) is 5.18. The quantitative estimate of drug-likeness (QED) is 0.665. The normalized spacial score (nSPS) is 10.1. The van der Waals surface area contributed by atoms with Gasteiger partial charge in [0.15, 0.2) is 6.61 Å². The van der Waals surface area contributed by atoms with Crippen LogP contribution in [0.15, 0.2) is 18.2 Å². The van der Waals surface area contributed by atoms with Crippen molar-refractivity contribution in [3.8, 4) is 5.75 Å². The lowest BCUT2D eigenvalue weighted by atomic mass is 10.3. The number of carbonyl (C=O) groups excluding carboxylic acids is 2. The first kappa shape index (κ1) is 18.5. The number of nitrogens with one attached hydrogen (secondary N) is 2. The summed E-state index contributed by atoms with van der Waals surface area (Å²) in [5, 5.41) is 5.89. The van der Waals surface area contributed by atoms with Crippen molar-refractivity contribution in [1.82, 2.24) is 10.6 Å². The predicted octanol–water partition coefficient (Wildman–Crippen LogP) is 1.64. The van der Waals surface area contributed by atoms with E-state index >= 15 is 0 Å². The molecule has 0 heterocycles. The molecule has 0 atom stereocenters. The lowest BCUT2D eigenvalue weighted by molar-refractivity contribution is -0.127. The van der Waals surface area contributed by atoms with Crippen LogP contribution < -0.4 is 15.4 Å². The average molecular weight is 349 g/mol. The number of rotatable bonds is 9. The van der Waals surface area contributed by atoms with Crippen LogP contribution in [0.4, 0.5) is 0 Å². The summed E-state index contributed by atoms with van der Waals surface area (Å²) >= 11 is 11.7. The highest BCUT2D eigenvalue weighted by Gasteiger charge is 2.08. The van der Waals surface area contributed by atoms with Crippen LogP contribution in [0.5, 0.6) is 5.75 Å². The minimum Gasteiger partial charge on any atom is -0.482 e. The molecular weight excluding hydrogens is 331 g/mol. The molecule has 0 aliphatic heterocycles. The van der Waals surface area contributed by atoms with E-state index in [9.17, 15) is 9.59 Å². The van der Waals surface area contributed by atoms with E-state index in [0.29, 0.717) is 35.4 Å². The van der Waals surface area contributed by atoms with Crippen molar-refractivity contribution >= 4 is 35.0 Å². The van der Waals surface area contributed by atoms with Crippen LogP contribution in [0, 0.1) is 0 Å². The van der Waals surface area contributed by atoms with E-state index < -0.39 is 5.91 Å². The van der Waals surface area contributed by atoms with Crippen LogP contribution in [0.25, 0.3) is 0 Å². The molecule has 2 N–H and O–H groups in total. The van der Waals surface area contributed by atoms with Crippen LogP contribution in [0.1, 0.15) is 6.42 Å². The SMILES string of the molecule is COCCCNC(=O)CNC(=O)COc1ccc(Cl)cc1Cl. The Morgan fingerprint density at radius 2 is 1.95 bits per heavy atom. The van der Waals surface area contributed by atoms with Crippen LogP contribution in [-0.4, -0.2) is 45.2 Å². The molecule has 122 valence electrons. The van der Waals surface area contributed by atoms with Gasteiger partial charge in [0.05, 0.1) is 11.6 Å². The van der Waals surface area contributed by atoms with Crippen molar-refractivity contribution in [2.24, 2.45) is 0 Å². The molecule has 8 heteroatoms. The molecule has 1 aromatic carbocycles. The van der Waals surface area contributed by atoms with Gasteiger partial charge in [-0.1, -0.05) is 23.2 Å². The number of amides is 2. The monoisotopic (exact) mass is 348 g/mol. The third-order valence-corrected chi connectivity index (χ3v) is 3.08. The molecule has 1 rings (SSSR count). The Balaban J connectivity index is 2.22. The highest BCUT2D eigenvalue weighted by Crippen LogP contribution is 2.27. The predicted molar refractivity (Wildman–Crippen MR) is 84.5 cm³/mol. The lowest BCUT2D eigenvalue weighted by Crippen LogP contribution is -2.39. The van der Waals surface area contributed by atoms with Gasteiger partial charge in [-0.05, 0) is 24.6 Å². The number of hydrogen-bond acceptors (Lipinski definition) is 4. The van der Waals surface area contributed by atoms with E-state index in [1.54, 1.807) is 19.2 Å². The summed E-state index contributed by atoms with van der Waals surface area (Å²) in [6, 6.07) is 4.69. The molecule has 0 radical (unpaired) electrons. The van der Waals surface area contributed by atoms with Gasteiger partial charge in [-0.25, -0.2) is 0 Å². The molecule has 0 aliphatic carbocycles. The van der Waals surface area contributed by atoms with E-state index in [-0.39, 0.29) is 19.1 Å². The van der Waals surface area contributed by atoms with Gasteiger partial charge in [0.2, 0.25) is 5.91 Å². The second kappa shape index (κ2) is 10.3. The summed E-state index contributed by atoms with van der Waals surface area (Å²) in [6.07, 6.45) is 0.717. The van der Waals surface area contributed by atoms with Gasteiger partial charge in [-0.2, -0.15) is 0 Å². The first-order valence-corrected chi connectivity index (χ1v) is 7.38. The molecule has 0 bridgehead atoms. The van der Waals surface area contributed by atoms with Gasteiger partial charge >= 0.3 is 0 Å². The molecule has 2 amide bonds. The third-order valence-electron chi connectivity index (χ3n) is 2.55. The molecule has 1 aromatic rings. The molecule has 6 nitrogen and oxygen atoms in total. The number of methoxy groups -OCH3 is 1. The molecule has 0 unspecified atom stereocenters. The minimum atomic E-state index is -0.418. The Bertz CT molecular complexity index is 512. The fraction of sp³-hybridized carbons (Fsp3) is 0.429. The first-order chi connectivity index (χ1) is 10.5. The Kier molecular flexibility index (Phi) is 8.65. The van der Waals surface area contributed by atoms with Crippen molar-refractivity contribution < 1.29 is 19.1 Å². The van der Waals surface area contributed by atoms with Crippen LogP contribution >= 0.6 is 23.2 Å². The number of ether oxygens (including phenoxy) is 2. The van der Waals surface area contributed by atoms with Gasteiger partial charge in [0.25, 0.3) is 5.91 Å². The highest BCUT2D eigenvalue weighted by molar-refractivity contribution is 6.35. The van der Waals surface area contributed by atoms with Crippen molar-refractivity contribution in [1.29, 1.82) is 0 Å². The minimum absolute atomic E-state index is 0.108. The van der Waals surface area contributed by atoms with E-state index in [1.807, 2.05) is 0 Å². The fourth-order valence-electron chi connectivity index (χ4n) is 1.47.